The maximum absolute atomic E-state index is 14.4. The van der Waals surface area contributed by atoms with Crippen LogP contribution in [0.5, 0.6) is 0 Å². The quantitative estimate of drug-likeness (QED) is 0.481. The summed E-state index contributed by atoms with van der Waals surface area (Å²) in [4.78, 5) is 15.5. The molecule has 0 aliphatic heterocycles. The van der Waals surface area contributed by atoms with E-state index in [0.29, 0.717) is 5.52 Å². The lowest BCUT2D eigenvalue weighted by atomic mass is 9.96. The van der Waals surface area contributed by atoms with E-state index in [0.717, 1.165) is 18.2 Å². The molecule has 0 radical (unpaired) electrons. The Morgan fingerprint density at radius 1 is 1.08 bits per heavy atom. The summed E-state index contributed by atoms with van der Waals surface area (Å²) in [7, 11) is 0. The molecule has 1 N–H and O–H groups in total. The third kappa shape index (κ3) is 3.22. The van der Waals surface area contributed by atoms with Gasteiger partial charge in [0.15, 0.2) is 0 Å². The number of rotatable bonds is 3. The van der Waals surface area contributed by atoms with Crippen LogP contribution in [0.3, 0.4) is 0 Å². The molecule has 0 unspecified atom stereocenters. The number of aromatic nitrogens is 1. The molecule has 0 saturated heterocycles. The molecule has 7 heteroatoms. The smallest absolute Gasteiger partial charge is 0.339 e. The van der Waals surface area contributed by atoms with Gasteiger partial charge >= 0.3 is 5.97 Å². The minimum absolute atomic E-state index is 0.0520. The third-order valence-corrected chi connectivity index (χ3v) is 4.04. The number of H-pyrrole nitrogens is 1. The Bertz CT molecular complexity index is 1060. The van der Waals surface area contributed by atoms with E-state index in [2.05, 4.69) is 4.98 Å². The molecule has 3 rings (SSSR count). The number of benzene rings is 2. The number of hydrogen-bond donors (Lipinski definition) is 1. The molecule has 0 bridgehead atoms. The van der Waals surface area contributed by atoms with Crippen LogP contribution < -0.4 is 0 Å². The first-order valence-corrected chi connectivity index (χ1v) is 8.21. The first-order valence-electron chi connectivity index (χ1n) is 7.80. The van der Waals surface area contributed by atoms with Crippen molar-refractivity contribution in [1.29, 1.82) is 0 Å². The summed E-state index contributed by atoms with van der Waals surface area (Å²) >= 11 is 5.24. The van der Waals surface area contributed by atoms with Crippen LogP contribution in [0.4, 0.5) is 13.2 Å². The standard InChI is InChI=1S/C19H14F3NO2S/c1-9(2)25-19(24)15-11-8-10(20)6-7-14(11)23-18(26)17(15)16-12(21)4-3-5-13(16)22/h3-9H,1-2H3,(H,23,26). The molecule has 0 aliphatic rings. The fraction of sp³-hybridized carbons (Fsp3) is 0.158. The van der Waals surface area contributed by atoms with Crippen molar-refractivity contribution in [3.63, 3.8) is 0 Å². The SMILES string of the molecule is CC(C)OC(=O)c1c(-c2c(F)cccc2F)c(=S)[nH]c2ccc(F)cc12. The Balaban J connectivity index is 2.47. The van der Waals surface area contributed by atoms with Gasteiger partial charge in [-0.25, -0.2) is 18.0 Å². The molecule has 0 fully saturated rings. The predicted molar refractivity (Wildman–Crippen MR) is 95.0 cm³/mol. The molecule has 1 heterocycles. The maximum Gasteiger partial charge on any atom is 0.339 e. The van der Waals surface area contributed by atoms with E-state index in [1.54, 1.807) is 13.8 Å². The number of nitrogens with one attached hydrogen (secondary N) is 1. The van der Waals surface area contributed by atoms with Crippen LogP contribution in [0.15, 0.2) is 36.4 Å². The van der Waals surface area contributed by atoms with Crippen LogP contribution in [0.1, 0.15) is 24.2 Å². The summed E-state index contributed by atoms with van der Waals surface area (Å²) in [6.45, 7) is 3.27. The number of pyridine rings is 1. The predicted octanol–water partition coefficient (Wildman–Crippen LogP) is 5.55. The number of ether oxygens (including phenoxy) is 1. The molecule has 0 atom stereocenters. The van der Waals surface area contributed by atoms with Crippen LogP contribution in [0, 0.1) is 22.1 Å². The lowest BCUT2D eigenvalue weighted by Gasteiger charge is -2.16. The van der Waals surface area contributed by atoms with Crippen LogP contribution in [0.2, 0.25) is 0 Å². The third-order valence-electron chi connectivity index (χ3n) is 3.74. The summed E-state index contributed by atoms with van der Waals surface area (Å²) in [6.07, 6.45) is -0.484. The number of hydrogen-bond acceptors (Lipinski definition) is 3. The second kappa shape index (κ2) is 6.92. The largest absolute Gasteiger partial charge is 0.459 e. The van der Waals surface area contributed by atoms with Gasteiger partial charge in [-0.05, 0) is 44.2 Å². The van der Waals surface area contributed by atoms with Gasteiger partial charge in [0, 0.05) is 16.5 Å². The van der Waals surface area contributed by atoms with Gasteiger partial charge in [0.1, 0.15) is 22.1 Å². The Morgan fingerprint density at radius 3 is 2.35 bits per heavy atom. The van der Waals surface area contributed by atoms with Crippen molar-refractivity contribution in [2.24, 2.45) is 0 Å². The molecule has 2 aromatic carbocycles. The highest BCUT2D eigenvalue weighted by molar-refractivity contribution is 7.71. The first-order chi connectivity index (χ1) is 12.3. The first kappa shape index (κ1) is 18.1. The molecular formula is C19H14F3NO2S. The van der Waals surface area contributed by atoms with Gasteiger partial charge in [-0.3, -0.25) is 0 Å². The maximum atomic E-state index is 14.4. The second-order valence-electron chi connectivity index (χ2n) is 5.94. The van der Waals surface area contributed by atoms with E-state index in [1.807, 2.05) is 0 Å². The Kier molecular flexibility index (Phi) is 4.82. The zero-order valence-corrected chi connectivity index (χ0v) is 14.7. The van der Waals surface area contributed by atoms with E-state index in [1.165, 1.54) is 18.2 Å². The topological polar surface area (TPSA) is 42.1 Å². The molecule has 3 nitrogen and oxygen atoms in total. The second-order valence-corrected chi connectivity index (χ2v) is 6.35. The minimum atomic E-state index is -0.890. The lowest BCUT2D eigenvalue weighted by Crippen LogP contribution is -2.14. The van der Waals surface area contributed by atoms with Crippen molar-refractivity contribution in [2.75, 3.05) is 0 Å². The van der Waals surface area contributed by atoms with Crippen molar-refractivity contribution < 1.29 is 22.7 Å². The van der Waals surface area contributed by atoms with Crippen LogP contribution in [-0.4, -0.2) is 17.1 Å². The van der Waals surface area contributed by atoms with E-state index in [4.69, 9.17) is 17.0 Å². The van der Waals surface area contributed by atoms with E-state index in [9.17, 15) is 18.0 Å². The van der Waals surface area contributed by atoms with Gasteiger partial charge < -0.3 is 9.72 Å². The molecular weight excluding hydrogens is 363 g/mol. The van der Waals surface area contributed by atoms with Gasteiger partial charge in [0.25, 0.3) is 0 Å². The lowest BCUT2D eigenvalue weighted by molar-refractivity contribution is 0.0381. The molecule has 0 amide bonds. The fourth-order valence-electron chi connectivity index (χ4n) is 2.73. The molecule has 134 valence electrons. The minimum Gasteiger partial charge on any atom is -0.459 e. The molecule has 3 aromatic rings. The van der Waals surface area contributed by atoms with Crippen LogP contribution >= 0.6 is 12.2 Å². The molecule has 1 aromatic heterocycles. The number of halogens is 3. The van der Waals surface area contributed by atoms with Gasteiger partial charge in [-0.1, -0.05) is 18.3 Å². The zero-order chi connectivity index (χ0) is 19.0. The summed E-state index contributed by atoms with van der Waals surface area (Å²) in [5.74, 6) is -3.23. The number of carbonyl (C=O) groups excluding carboxylic acids is 1. The summed E-state index contributed by atoms with van der Waals surface area (Å²) in [5.41, 5.74) is -0.455. The van der Waals surface area contributed by atoms with E-state index in [-0.39, 0.29) is 21.2 Å². The van der Waals surface area contributed by atoms with Gasteiger partial charge in [0.05, 0.1) is 17.2 Å². The number of fused-ring (bicyclic) bond motifs is 1. The Labute approximate surface area is 152 Å². The van der Waals surface area contributed by atoms with E-state index < -0.39 is 35.1 Å². The van der Waals surface area contributed by atoms with E-state index >= 15 is 0 Å². The number of esters is 1. The Hall–Kier alpha value is -2.67. The highest BCUT2D eigenvalue weighted by atomic mass is 32.1. The molecule has 0 saturated carbocycles. The number of carbonyl (C=O) groups is 1. The van der Waals surface area contributed by atoms with Gasteiger partial charge in [-0.15, -0.1) is 0 Å². The average Bonchev–Trinajstić information content (AvgIpc) is 2.54. The van der Waals surface area contributed by atoms with Crippen molar-refractivity contribution in [3.8, 4) is 11.1 Å². The molecule has 0 aliphatic carbocycles. The Morgan fingerprint density at radius 2 is 1.73 bits per heavy atom. The van der Waals surface area contributed by atoms with Crippen molar-refractivity contribution in [2.45, 2.75) is 20.0 Å². The van der Waals surface area contributed by atoms with Crippen molar-refractivity contribution in [3.05, 3.63) is 64.1 Å². The fourth-order valence-corrected chi connectivity index (χ4v) is 3.04. The van der Waals surface area contributed by atoms with Gasteiger partial charge in [0.2, 0.25) is 0 Å². The summed E-state index contributed by atoms with van der Waals surface area (Å²) in [6, 6.07) is 7.00. The van der Waals surface area contributed by atoms with Crippen LogP contribution in [0.25, 0.3) is 22.0 Å². The van der Waals surface area contributed by atoms with Crippen LogP contribution in [-0.2, 0) is 4.74 Å². The highest BCUT2D eigenvalue weighted by Crippen LogP contribution is 2.34. The summed E-state index contributed by atoms with van der Waals surface area (Å²) in [5, 5.41) is 0.127. The zero-order valence-electron chi connectivity index (χ0n) is 13.9. The monoisotopic (exact) mass is 377 g/mol. The molecule has 26 heavy (non-hydrogen) atoms. The summed E-state index contributed by atoms with van der Waals surface area (Å²) < 4.78 is 47.7. The van der Waals surface area contributed by atoms with Crippen molar-refractivity contribution in [1.82, 2.24) is 4.98 Å². The highest BCUT2D eigenvalue weighted by Gasteiger charge is 2.25. The van der Waals surface area contributed by atoms with Crippen molar-refractivity contribution >= 4 is 29.1 Å². The molecule has 0 spiro atoms. The number of aromatic amines is 1. The average molecular weight is 377 g/mol. The van der Waals surface area contributed by atoms with Gasteiger partial charge in [-0.2, -0.15) is 0 Å². The normalized spacial score (nSPS) is 11.2.